The molecule has 2 aromatic carbocycles. The molecular formula is C18H21N3. The summed E-state index contributed by atoms with van der Waals surface area (Å²) in [6.07, 6.45) is 0.923. The zero-order valence-corrected chi connectivity index (χ0v) is 12.6. The van der Waals surface area contributed by atoms with Crippen LogP contribution in [0.2, 0.25) is 0 Å². The summed E-state index contributed by atoms with van der Waals surface area (Å²) in [7, 11) is 0. The van der Waals surface area contributed by atoms with Gasteiger partial charge in [-0.15, -0.1) is 0 Å². The van der Waals surface area contributed by atoms with E-state index in [1.54, 1.807) is 0 Å². The van der Waals surface area contributed by atoms with Crippen LogP contribution in [0.15, 0.2) is 59.6 Å². The number of rotatable bonds is 3. The lowest BCUT2D eigenvalue weighted by atomic mass is 9.91. The molecule has 2 aromatic rings. The van der Waals surface area contributed by atoms with E-state index in [-0.39, 0.29) is 5.54 Å². The van der Waals surface area contributed by atoms with E-state index in [0.717, 1.165) is 18.7 Å². The lowest BCUT2D eigenvalue weighted by Gasteiger charge is -2.36. The molecular weight excluding hydrogens is 258 g/mol. The number of nitrogens with zero attached hydrogens (tertiary/aromatic N) is 2. The standard InChI is InChI=1S/C18H21N3/c1-14-8-10-16(11-9-14)21-17(19)20-13-18(21,2)12-15-6-4-3-5-7-15/h3-11H,12-13H2,1-2H3,(H2,19,20). The molecule has 1 unspecified atom stereocenters. The Morgan fingerprint density at radius 2 is 1.76 bits per heavy atom. The summed E-state index contributed by atoms with van der Waals surface area (Å²) in [6.45, 7) is 5.04. The molecule has 0 saturated heterocycles. The SMILES string of the molecule is Cc1ccc(N2C(N)=NCC2(C)Cc2ccccc2)cc1. The molecule has 0 fully saturated rings. The molecule has 0 aromatic heterocycles. The van der Waals surface area contributed by atoms with Crippen molar-refractivity contribution in [1.29, 1.82) is 0 Å². The topological polar surface area (TPSA) is 41.6 Å². The van der Waals surface area contributed by atoms with Gasteiger partial charge < -0.3 is 10.6 Å². The second kappa shape index (κ2) is 5.24. The first kappa shape index (κ1) is 13.7. The third-order valence-electron chi connectivity index (χ3n) is 4.07. The van der Waals surface area contributed by atoms with Gasteiger partial charge in [-0.1, -0.05) is 48.0 Å². The quantitative estimate of drug-likeness (QED) is 0.938. The van der Waals surface area contributed by atoms with Gasteiger partial charge >= 0.3 is 0 Å². The van der Waals surface area contributed by atoms with Gasteiger partial charge in [-0.3, -0.25) is 4.99 Å². The molecule has 3 heteroatoms. The summed E-state index contributed by atoms with van der Waals surface area (Å²) in [5.74, 6) is 0.609. The normalized spacial score (nSPS) is 21.4. The predicted octanol–water partition coefficient (Wildman–Crippen LogP) is 3.13. The first-order chi connectivity index (χ1) is 10.1. The van der Waals surface area contributed by atoms with Crippen LogP contribution in [0.4, 0.5) is 5.69 Å². The maximum atomic E-state index is 6.15. The van der Waals surface area contributed by atoms with E-state index in [1.165, 1.54) is 11.1 Å². The zero-order valence-electron chi connectivity index (χ0n) is 12.6. The number of nitrogens with two attached hydrogens (primary N) is 1. The lowest BCUT2D eigenvalue weighted by Crippen LogP contribution is -2.51. The van der Waals surface area contributed by atoms with Crippen molar-refractivity contribution in [1.82, 2.24) is 0 Å². The van der Waals surface area contributed by atoms with Crippen molar-refractivity contribution in [3.63, 3.8) is 0 Å². The molecule has 0 radical (unpaired) electrons. The highest BCUT2D eigenvalue weighted by Crippen LogP contribution is 2.31. The largest absolute Gasteiger partial charge is 0.369 e. The van der Waals surface area contributed by atoms with Gasteiger partial charge in [-0.25, -0.2) is 0 Å². The number of aliphatic imine (C=N–C) groups is 1. The van der Waals surface area contributed by atoms with Crippen LogP contribution in [-0.4, -0.2) is 18.0 Å². The Kier molecular flexibility index (Phi) is 3.42. The van der Waals surface area contributed by atoms with Crippen LogP contribution in [-0.2, 0) is 6.42 Å². The van der Waals surface area contributed by atoms with Gasteiger partial charge in [0, 0.05) is 5.69 Å². The summed E-state index contributed by atoms with van der Waals surface area (Å²) in [5, 5.41) is 0. The number of guanidine groups is 1. The molecule has 0 amide bonds. The molecule has 0 saturated carbocycles. The minimum Gasteiger partial charge on any atom is -0.369 e. The Morgan fingerprint density at radius 1 is 1.10 bits per heavy atom. The van der Waals surface area contributed by atoms with Crippen molar-refractivity contribution < 1.29 is 0 Å². The second-order valence-corrected chi connectivity index (χ2v) is 6.00. The van der Waals surface area contributed by atoms with Crippen LogP contribution in [0.1, 0.15) is 18.1 Å². The highest BCUT2D eigenvalue weighted by Gasteiger charge is 2.38. The van der Waals surface area contributed by atoms with E-state index >= 15 is 0 Å². The zero-order chi connectivity index (χ0) is 14.9. The molecule has 1 aliphatic heterocycles. The van der Waals surface area contributed by atoms with Crippen molar-refractivity contribution >= 4 is 11.6 Å². The van der Waals surface area contributed by atoms with E-state index in [1.807, 2.05) is 6.07 Å². The van der Waals surface area contributed by atoms with Crippen LogP contribution >= 0.6 is 0 Å². The number of aryl methyl sites for hydroxylation is 1. The fourth-order valence-electron chi connectivity index (χ4n) is 2.98. The molecule has 2 N–H and O–H groups in total. The van der Waals surface area contributed by atoms with Gasteiger partial charge in [0.25, 0.3) is 0 Å². The minimum absolute atomic E-state index is 0.110. The van der Waals surface area contributed by atoms with Crippen molar-refractivity contribution in [2.24, 2.45) is 10.7 Å². The van der Waals surface area contributed by atoms with Crippen LogP contribution in [0.5, 0.6) is 0 Å². The van der Waals surface area contributed by atoms with Crippen molar-refractivity contribution in [2.75, 3.05) is 11.4 Å². The van der Waals surface area contributed by atoms with Gasteiger partial charge in [0.1, 0.15) is 0 Å². The maximum absolute atomic E-state index is 6.15. The fraction of sp³-hybridized carbons (Fsp3) is 0.278. The van der Waals surface area contributed by atoms with Crippen molar-refractivity contribution in [2.45, 2.75) is 25.8 Å². The molecule has 108 valence electrons. The molecule has 0 aliphatic carbocycles. The maximum Gasteiger partial charge on any atom is 0.196 e. The monoisotopic (exact) mass is 279 g/mol. The van der Waals surface area contributed by atoms with E-state index < -0.39 is 0 Å². The predicted molar refractivity (Wildman–Crippen MR) is 88.7 cm³/mol. The molecule has 0 spiro atoms. The number of hydrogen-bond acceptors (Lipinski definition) is 3. The van der Waals surface area contributed by atoms with Crippen molar-refractivity contribution in [3.05, 3.63) is 65.7 Å². The van der Waals surface area contributed by atoms with Gasteiger partial charge in [-0.2, -0.15) is 0 Å². The highest BCUT2D eigenvalue weighted by molar-refractivity contribution is 5.98. The first-order valence-electron chi connectivity index (χ1n) is 7.29. The summed E-state index contributed by atoms with van der Waals surface area (Å²) in [5.41, 5.74) is 9.71. The van der Waals surface area contributed by atoms with Gasteiger partial charge in [0.2, 0.25) is 0 Å². The fourth-order valence-corrected chi connectivity index (χ4v) is 2.98. The van der Waals surface area contributed by atoms with Crippen LogP contribution in [0.25, 0.3) is 0 Å². The molecule has 1 atom stereocenters. The van der Waals surface area contributed by atoms with Crippen LogP contribution in [0, 0.1) is 6.92 Å². The lowest BCUT2D eigenvalue weighted by molar-refractivity contribution is 0.499. The molecule has 21 heavy (non-hydrogen) atoms. The Morgan fingerprint density at radius 3 is 2.43 bits per heavy atom. The van der Waals surface area contributed by atoms with E-state index in [4.69, 9.17) is 5.73 Å². The third-order valence-corrected chi connectivity index (χ3v) is 4.07. The Labute approximate surface area is 126 Å². The average Bonchev–Trinajstić information content (AvgIpc) is 2.77. The highest BCUT2D eigenvalue weighted by atomic mass is 15.4. The first-order valence-corrected chi connectivity index (χ1v) is 7.29. The van der Waals surface area contributed by atoms with Gasteiger partial charge in [0.15, 0.2) is 5.96 Å². The van der Waals surface area contributed by atoms with Crippen LogP contribution in [0.3, 0.4) is 0 Å². The third kappa shape index (κ3) is 2.64. The molecule has 3 rings (SSSR count). The second-order valence-electron chi connectivity index (χ2n) is 6.00. The molecule has 3 nitrogen and oxygen atoms in total. The molecule has 0 bridgehead atoms. The molecule has 1 heterocycles. The Hall–Kier alpha value is -2.29. The van der Waals surface area contributed by atoms with E-state index in [9.17, 15) is 0 Å². The Bertz CT molecular complexity index is 646. The van der Waals surface area contributed by atoms with E-state index in [2.05, 4.69) is 72.3 Å². The summed E-state index contributed by atoms with van der Waals surface area (Å²) in [6, 6.07) is 19.0. The molecule has 1 aliphatic rings. The Balaban J connectivity index is 1.92. The number of hydrogen-bond donors (Lipinski definition) is 1. The smallest absolute Gasteiger partial charge is 0.196 e. The summed E-state index contributed by atoms with van der Waals surface area (Å²) >= 11 is 0. The minimum atomic E-state index is -0.110. The van der Waals surface area contributed by atoms with Crippen molar-refractivity contribution in [3.8, 4) is 0 Å². The van der Waals surface area contributed by atoms with Gasteiger partial charge in [-0.05, 0) is 38.0 Å². The number of anilines is 1. The van der Waals surface area contributed by atoms with Gasteiger partial charge in [0.05, 0.1) is 12.1 Å². The van der Waals surface area contributed by atoms with E-state index in [0.29, 0.717) is 5.96 Å². The summed E-state index contributed by atoms with van der Waals surface area (Å²) in [4.78, 5) is 6.65. The van der Waals surface area contributed by atoms with Crippen LogP contribution < -0.4 is 10.6 Å². The average molecular weight is 279 g/mol. The number of benzene rings is 2. The summed E-state index contributed by atoms with van der Waals surface area (Å²) < 4.78 is 0.